The first kappa shape index (κ1) is 15.1. The molecule has 2 aromatic heterocycles. The topological polar surface area (TPSA) is 43.8 Å². The summed E-state index contributed by atoms with van der Waals surface area (Å²) in [6.07, 6.45) is 5.36. The lowest BCUT2D eigenvalue weighted by molar-refractivity contribution is 0.588. The minimum atomic E-state index is 0.0183. The van der Waals surface area contributed by atoms with Gasteiger partial charge in [-0.3, -0.25) is 4.68 Å². The lowest BCUT2D eigenvalue weighted by Gasteiger charge is -2.11. The van der Waals surface area contributed by atoms with Gasteiger partial charge in [-0.05, 0) is 44.2 Å². The van der Waals surface area contributed by atoms with Crippen LogP contribution in [0.3, 0.4) is 0 Å². The largest absolute Gasteiger partial charge is 0.323 e. The van der Waals surface area contributed by atoms with E-state index in [1.165, 1.54) is 34.6 Å². The standard InChI is InChI=1S/C16H22ClN3S/c1-3-12-16(17)13(20(4-2)19-12)9-11(18)15-8-10-6-5-7-14(10)21-15/h8,11H,3-7,9,18H2,1-2H3. The molecular weight excluding hydrogens is 302 g/mol. The number of nitrogens with two attached hydrogens (primary N) is 1. The van der Waals surface area contributed by atoms with Crippen LogP contribution in [0.15, 0.2) is 6.07 Å². The number of hydrogen-bond acceptors (Lipinski definition) is 3. The SMILES string of the molecule is CCc1nn(CC)c(CC(N)c2cc3c(s2)CCC3)c1Cl. The number of thiophene rings is 1. The van der Waals surface area contributed by atoms with E-state index in [4.69, 9.17) is 17.3 Å². The van der Waals surface area contributed by atoms with Gasteiger partial charge < -0.3 is 5.73 Å². The summed E-state index contributed by atoms with van der Waals surface area (Å²) >= 11 is 8.36. The van der Waals surface area contributed by atoms with Crippen molar-refractivity contribution >= 4 is 22.9 Å². The van der Waals surface area contributed by atoms with Gasteiger partial charge in [-0.15, -0.1) is 11.3 Å². The monoisotopic (exact) mass is 323 g/mol. The first-order chi connectivity index (χ1) is 10.1. The van der Waals surface area contributed by atoms with Crippen LogP contribution in [-0.2, 0) is 32.2 Å². The fourth-order valence-corrected chi connectivity index (χ4v) is 4.66. The van der Waals surface area contributed by atoms with Crippen LogP contribution in [0.4, 0.5) is 0 Å². The lowest BCUT2D eigenvalue weighted by atomic mass is 10.1. The van der Waals surface area contributed by atoms with Crippen LogP contribution in [0, 0.1) is 0 Å². The van der Waals surface area contributed by atoms with Crippen LogP contribution in [-0.4, -0.2) is 9.78 Å². The number of rotatable bonds is 5. The summed E-state index contributed by atoms with van der Waals surface area (Å²) in [4.78, 5) is 2.82. The van der Waals surface area contributed by atoms with Crippen molar-refractivity contribution in [1.29, 1.82) is 0 Å². The third-order valence-corrected chi connectivity index (χ3v) is 6.04. The van der Waals surface area contributed by atoms with Crippen LogP contribution < -0.4 is 5.73 Å². The van der Waals surface area contributed by atoms with Gasteiger partial charge in [0.25, 0.3) is 0 Å². The smallest absolute Gasteiger partial charge is 0.0850 e. The highest BCUT2D eigenvalue weighted by Gasteiger charge is 2.21. The molecule has 1 atom stereocenters. The first-order valence-electron chi connectivity index (χ1n) is 7.75. The van der Waals surface area contributed by atoms with Crippen molar-refractivity contribution in [1.82, 2.24) is 9.78 Å². The molecule has 1 aliphatic rings. The quantitative estimate of drug-likeness (QED) is 0.906. The van der Waals surface area contributed by atoms with Crippen LogP contribution in [0.25, 0.3) is 0 Å². The van der Waals surface area contributed by atoms with Crippen molar-refractivity contribution in [2.24, 2.45) is 5.73 Å². The highest BCUT2D eigenvalue weighted by molar-refractivity contribution is 7.12. The maximum Gasteiger partial charge on any atom is 0.0850 e. The number of fused-ring (bicyclic) bond motifs is 1. The Morgan fingerprint density at radius 1 is 1.43 bits per heavy atom. The summed E-state index contributed by atoms with van der Waals surface area (Å²) in [5, 5.41) is 5.38. The minimum Gasteiger partial charge on any atom is -0.323 e. The molecule has 0 aliphatic heterocycles. The van der Waals surface area contributed by atoms with Crippen LogP contribution >= 0.6 is 22.9 Å². The zero-order valence-electron chi connectivity index (χ0n) is 12.7. The Balaban J connectivity index is 1.83. The van der Waals surface area contributed by atoms with Gasteiger partial charge in [-0.2, -0.15) is 5.10 Å². The molecule has 0 radical (unpaired) electrons. The highest BCUT2D eigenvalue weighted by atomic mass is 35.5. The third kappa shape index (κ3) is 2.77. The van der Waals surface area contributed by atoms with Gasteiger partial charge in [0.1, 0.15) is 0 Å². The number of halogens is 1. The molecule has 2 heterocycles. The van der Waals surface area contributed by atoms with Crippen molar-refractivity contribution < 1.29 is 0 Å². The van der Waals surface area contributed by atoms with Crippen molar-refractivity contribution in [3.8, 4) is 0 Å². The van der Waals surface area contributed by atoms with Crippen LogP contribution in [0.2, 0.25) is 5.02 Å². The predicted molar refractivity (Wildman–Crippen MR) is 89.3 cm³/mol. The Morgan fingerprint density at radius 2 is 2.24 bits per heavy atom. The molecule has 0 saturated heterocycles. The average Bonchev–Trinajstić information content (AvgIpc) is 3.13. The molecule has 2 N–H and O–H groups in total. The molecule has 5 heteroatoms. The Bertz CT molecular complexity index is 623. The van der Waals surface area contributed by atoms with E-state index in [9.17, 15) is 0 Å². The molecule has 0 aromatic carbocycles. The summed E-state index contributed by atoms with van der Waals surface area (Å²) in [6, 6.07) is 2.32. The molecule has 1 unspecified atom stereocenters. The van der Waals surface area contributed by atoms with E-state index >= 15 is 0 Å². The first-order valence-corrected chi connectivity index (χ1v) is 8.94. The highest BCUT2D eigenvalue weighted by Crippen LogP contribution is 2.35. The van der Waals surface area contributed by atoms with E-state index in [2.05, 4.69) is 25.0 Å². The van der Waals surface area contributed by atoms with Crippen molar-refractivity contribution in [3.63, 3.8) is 0 Å². The molecule has 3 nitrogen and oxygen atoms in total. The maximum atomic E-state index is 6.48. The van der Waals surface area contributed by atoms with Gasteiger partial charge in [-0.1, -0.05) is 18.5 Å². The molecule has 0 bridgehead atoms. The van der Waals surface area contributed by atoms with Gasteiger partial charge >= 0.3 is 0 Å². The fourth-order valence-electron chi connectivity index (χ4n) is 3.06. The third-order valence-electron chi connectivity index (χ3n) is 4.24. The second-order valence-corrected chi connectivity index (χ2v) is 7.18. The predicted octanol–water partition coefficient (Wildman–Crippen LogP) is 3.91. The van der Waals surface area contributed by atoms with Crippen LogP contribution in [0.1, 0.15) is 53.0 Å². The summed E-state index contributed by atoms with van der Waals surface area (Å²) in [7, 11) is 0. The molecule has 0 amide bonds. The Hall–Kier alpha value is -0.840. The van der Waals surface area contributed by atoms with Gasteiger partial charge in [-0.25, -0.2) is 0 Å². The molecule has 0 saturated carbocycles. The van der Waals surface area contributed by atoms with E-state index in [1.54, 1.807) is 0 Å². The van der Waals surface area contributed by atoms with Crippen LogP contribution in [0.5, 0.6) is 0 Å². The summed E-state index contributed by atoms with van der Waals surface area (Å²) < 4.78 is 2.00. The minimum absolute atomic E-state index is 0.0183. The van der Waals surface area contributed by atoms with Gasteiger partial charge in [0, 0.05) is 28.8 Å². The molecule has 0 fully saturated rings. The lowest BCUT2D eigenvalue weighted by Crippen LogP contribution is -2.15. The van der Waals surface area contributed by atoms with Gasteiger partial charge in [0.05, 0.1) is 16.4 Å². The molecule has 0 spiro atoms. The molecule has 21 heavy (non-hydrogen) atoms. The summed E-state index contributed by atoms with van der Waals surface area (Å²) in [5.74, 6) is 0. The molecular formula is C16H22ClN3S. The van der Waals surface area contributed by atoms with E-state index in [-0.39, 0.29) is 6.04 Å². The Morgan fingerprint density at radius 3 is 2.90 bits per heavy atom. The zero-order chi connectivity index (χ0) is 15.0. The number of nitrogens with zero attached hydrogens (tertiary/aromatic N) is 2. The number of aryl methyl sites for hydroxylation is 4. The average molecular weight is 324 g/mol. The van der Waals surface area contributed by atoms with Crippen molar-refractivity contribution in [3.05, 3.63) is 37.8 Å². The van der Waals surface area contributed by atoms with E-state index in [1.807, 2.05) is 16.0 Å². The molecule has 114 valence electrons. The summed E-state index contributed by atoms with van der Waals surface area (Å²) in [6.45, 7) is 5.02. The maximum absolute atomic E-state index is 6.48. The molecule has 2 aromatic rings. The van der Waals surface area contributed by atoms with Gasteiger partial charge in [0.2, 0.25) is 0 Å². The molecule has 3 rings (SSSR count). The Labute approximate surface area is 135 Å². The van der Waals surface area contributed by atoms with E-state index in [0.717, 1.165) is 35.8 Å². The van der Waals surface area contributed by atoms with E-state index < -0.39 is 0 Å². The summed E-state index contributed by atoms with van der Waals surface area (Å²) in [5.41, 5.74) is 10.0. The van der Waals surface area contributed by atoms with Gasteiger partial charge in [0.15, 0.2) is 0 Å². The molecule has 1 aliphatic carbocycles. The normalized spacial score (nSPS) is 15.4. The second kappa shape index (κ2) is 6.11. The van der Waals surface area contributed by atoms with Crippen molar-refractivity contribution in [2.75, 3.05) is 0 Å². The van der Waals surface area contributed by atoms with E-state index in [0.29, 0.717) is 0 Å². The number of hydrogen-bond donors (Lipinski definition) is 1. The van der Waals surface area contributed by atoms with Crippen molar-refractivity contribution in [2.45, 2.75) is 58.5 Å². The Kier molecular flexibility index (Phi) is 4.38. The fraction of sp³-hybridized carbons (Fsp3) is 0.562. The zero-order valence-corrected chi connectivity index (χ0v) is 14.2. The number of aromatic nitrogens is 2. The second-order valence-electron chi connectivity index (χ2n) is 5.64.